The summed E-state index contributed by atoms with van der Waals surface area (Å²) in [6.45, 7) is 14.8. The number of halogens is 2. The summed E-state index contributed by atoms with van der Waals surface area (Å²) in [6, 6.07) is 19.1. The summed E-state index contributed by atoms with van der Waals surface area (Å²) in [6.07, 6.45) is 2.91. The minimum atomic E-state index is 0.194. The Morgan fingerprint density at radius 1 is 0.757 bits per heavy atom. The van der Waals surface area contributed by atoms with E-state index in [4.69, 9.17) is 35.2 Å². The summed E-state index contributed by atoms with van der Waals surface area (Å²) in [5.41, 5.74) is 14.2. The SMILES string of the molecule is CC(=Nc1c(C)cc(C)cc1C)C1=CCC(C(=Nc2c(C)cc(C)cc2C)c2ccccc2)=N1.[Cl][Fe][Cl]. The third-order valence-electron chi connectivity index (χ3n) is 6.21. The summed E-state index contributed by atoms with van der Waals surface area (Å²) in [7, 11) is 9.53. The molecule has 0 bridgehead atoms. The first kappa shape index (κ1) is 29.1. The molecule has 1 heterocycles. The molecule has 0 fully saturated rings. The van der Waals surface area contributed by atoms with Crippen molar-refractivity contribution < 1.29 is 13.1 Å². The zero-order chi connectivity index (χ0) is 27.1. The Kier molecular flexibility index (Phi) is 10.5. The Hall–Kier alpha value is -2.49. The first-order valence-electron chi connectivity index (χ1n) is 12.1. The number of hydrogen-bond donors (Lipinski definition) is 0. The number of nitrogens with zero attached hydrogens (tertiary/aromatic N) is 3. The van der Waals surface area contributed by atoms with E-state index in [1.54, 1.807) is 0 Å². The van der Waals surface area contributed by atoms with Gasteiger partial charge >= 0.3 is 33.3 Å². The second kappa shape index (κ2) is 13.3. The molecule has 0 atom stereocenters. The van der Waals surface area contributed by atoms with E-state index in [2.05, 4.69) is 96.1 Å². The fraction of sp³-hybridized carbons (Fsp3) is 0.258. The van der Waals surface area contributed by atoms with Crippen LogP contribution in [0.15, 0.2) is 81.3 Å². The molecule has 0 amide bonds. The van der Waals surface area contributed by atoms with Gasteiger partial charge in [0.2, 0.25) is 0 Å². The molecule has 3 nitrogen and oxygen atoms in total. The standard InChI is InChI=1S/C31H33N3.2ClH.Fe/c1-19-15-21(3)29(22(4)16-19)32-25(7)27-13-14-28(33-27)31(26-11-9-8-10-12-26)34-30-23(5)17-20(2)18-24(30)6;;;/h8-13,15-18H,14H2,1-7H3;2*1H;/q;;;+2/p-2. The van der Waals surface area contributed by atoms with Crippen molar-refractivity contribution in [1.82, 2.24) is 0 Å². The first-order chi connectivity index (χ1) is 17.6. The van der Waals surface area contributed by atoms with Gasteiger partial charge in [-0.25, -0.2) is 9.98 Å². The van der Waals surface area contributed by atoms with E-state index in [-0.39, 0.29) is 13.1 Å². The molecule has 0 N–H and O–H groups in total. The van der Waals surface area contributed by atoms with Crippen molar-refractivity contribution in [3.05, 3.63) is 105 Å². The van der Waals surface area contributed by atoms with Crippen molar-refractivity contribution in [2.24, 2.45) is 15.0 Å². The van der Waals surface area contributed by atoms with E-state index in [9.17, 15) is 0 Å². The quantitative estimate of drug-likeness (QED) is 0.215. The predicted molar refractivity (Wildman–Crippen MR) is 159 cm³/mol. The Morgan fingerprint density at radius 3 is 1.70 bits per heavy atom. The van der Waals surface area contributed by atoms with Crippen LogP contribution in [-0.4, -0.2) is 17.1 Å². The van der Waals surface area contributed by atoms with Crippen molar-refractivity contribution >= 4 is 48.7 Å². The van der Waals surface area contributed by atoms with Crippen LogP contribution in [0.5, 0.6) is 0 Å². The molecule has 0 radical (unpaired) electrons. The van der Waals surface area contributed by atoms with Gasteiger partial charge in [0, 0.05) is 12.0 Å². The average Bonchev–Trinajstić information content (AvgIpc) is 3.32. The van der Waals surface area contributed by atoms with Gasteiger partial charge in [-0.3, -0.25) is 4.99 Å². The van der Waals surface area contributed by atoms with Gasteiger partial charge < -0.3 is 0 Å². The molecule has 0 unspecified atom stereocenters. The zero-order valence-electron chi connectivity index (χ0n) is 22.4. The molecular formula is C31H33Cl2FeN3. The number of benzene rings is 3. The van der Waals surface area contributed by atoms with Gasteiger partial charge in [-0.1, -0.05) is 71.8 Å². The Morgan fingerprint density at radius 2 is 1.22 bits per heavy atom. The number of allylic oxidation sites excluding steroid dienone is 2. The van der Waals surface area contributed by atoms with Crippen LogP contribution < -0.4 is 0 Å². The Bertz CT molecular complexity index is 1360. The summed E-state index contributed by atoms with van der Waals surface area (Å²) < 4.78 is 0. The number of aliphatic imine (C=N–C) groups is 3. The van der Waals surface area contributed by atoms with Crippen LogP contribution in [0.2, 0.25) is 0 Å². The number of aryl methyl sites for hydroxylation is 6. The normalized spacial score (nSPS) is 13.8. The van der Waals surface area contributed by atoms with Gasteiger partial charge in [-0.15, -0.1) is 0 Å². The average molecular weight is 574 g/mol. The predicted octanol–water partition coefficient (Wildman–Crippen LogP) is 9.56. The van der Waals surface area contributed by atoms with Gasteiger partial charge in [0.1, 0.15) is 0 Å². The molecule has 0 saturated heterocycles. The zero-order valence-corrected chi connectivity index (χ0v) is 25.0. The van der Waals surface area contributed by atoms with Crippen LogP contribution in [0.1, 0.15) is 52.3 Å². The molecule has 0 spiro atoms. The number of rotatable bonds is 5. The second-order valence-corrected chi connectivity index (χ2v) is 11.2. The summed E-state index contributed by atoms with van der Waals surface area (Å²) in [4.78, 5) is 15.2. The van der Waals surface area contributed by atoms with E-state index in [1.165, 1.54) is 33.4 Å². The van der Waals surface area contributed by atoms with Crippen molar-refractivity contribution in [1.29, 1.82) is 0 Å². The van der Waals surface area contributed by atoms with Gasteiger partial charge in [0.25, 0.3) is 0 Å². The van der Waals surface area contributed by atoms with Crippen LogP contribution in [0, 0.1) is 41.5 Å². The van der Waals surface area contributed by atoms with Crippen LogP contribution in [-0.2, 0) is 13.1 Å². The van der Waals surface area contributed by atoms with Crippen molar-refractivity contribution in [2.75, 3.05) is 0 Å². The van der Waals surface area contributed by atoms with Crippen LogP contribution >= 0.6 is 20.2 Å². The molecule has 3 aromatic rings. The van der Waals surface area contributed by atoms with Gasteiger partial charge in [-0.05, 0) is 70.7 Å². The van der Waals surface area contributed by atoms with Crippen molar-refractivity contribution in [3.8, 4) is 0 Å². The van der Waals surface area contributed by atoms with E-state index >= 15 is 0 Å². The molecule has 1 aliphatic heterocycles. The van der Waals surface area contributed by atoms with E-state index < -0.39 is 0 Å². The Labute approximate surface area is 236 Å². The first-order valence-corrected chi connectivity index (χ1v) is 15.2. The van der Waals surface area contributed by atoms with Crippen molar-refractivity contribution in [3.63, 3.8) is 0 Å². The van der Waals surface area contributed by atoms with Crippen LogP contribution in [0.3, 0.4) is 0 Å². The molecule has 4 rings (SSSR count). The van der Waals surface area contributed by atoms with E-state index in [0.717, 1.165) is 46.2 Å². The molecule has 0 saturated carbocycles. The molecule has 37 heavy (non-hydrogen) atoms. The van der Waals surface area contributed by atoms with Crippen molar-refractivity contribution in [2.45, 2.75) is 54.9 Å². The van der Waals surface area contributed by atoms with Crippen LogP contribution in [0.25, 0.3) is 0 Å². The summed E-state index contributed by atoms with van der Waals surface area (Å²) >= 11 is 0.194. The van der Waals surface area contributed by atoms with Gasteiger partial charge in [0.15, 0.2) is 0 Å². The maximum atomic E-state index is 5.18. The summed E-state index contributed by atoms with van der Waals surface area (Å²) in [5.74, 6) is 0. The monoisotopic (exact) mass is 573 g/mol. The molecule has 194 valence electrons. The third-order valence-corrected chi connectivity index (χ3v) is 6.21. The fourth-order valence-electron chi connectivity index (χ4n) is 4.73. The topological polar surface area (TPSA) is 37.1 Å². The Balaban J connectivity index is 0.00000121. The fourth-order valence-corrected chi connectivity index (χ4v) is 4.73. The summed E-state index contributed by atoms with van der Waals surface area (Å²) in [5, 5.41) is 0. The molecule has 1 aliphatic rings. The third kappa shape index (κ3) is 7.52. The van der Waals surface area contributed by atoms with Crippen LogP contribution in [0.4, 0.5) is 11.4 Å². The molecule has 6 heteroatoms. The number of hydrogen-bond acceptors (Lipinski definition) is 3. The molecule has 0 aromatic heterocycles. The molecule has 3 aromatic carbocycles. The second-order valence-electron chi connectivity index (χ2n) is 9.42. The maximum absolute atomic E-state index is 5.18. The molecular weight excluding hydrogens is 541 g/mol. The molecule has 0 aliphatic carbocycles. The van der Waals surface area contributed by atoms with Gasteiger partial charge in [0.05, 0.1) is 34.2 Å². The van der Waals surface area contributed by atoms with Gasteiger partial charge in [-0.2, -0.15) is 0 Å². The minimum absolute atomic E-state index is 0.194. The van der Waals surface area contributed by atoms with E-state index in [1.807, 2.05) is 13.0 Å². The van der Waals surface area contributed by atoms with E-state index in [0.29, 0.717) is 0 Å².